The van der Waals surface area contributed by atoms with Crippen LogP contribution in [0.15, 0.2) is 90.1 Å². The monoisotopic (exact) mass is 853 g/mol. The number of benzene rings is 3. The molecule has 62 heavy (non-hydrogen) atoms. The third-order valence-corrected chi connectivity index (χ3v) is 13.3. The first-order valence-electron chi connectivity index (χ1n) is 23.6. The Hall–Kier alpha value is -4.38. The molecule has 2 aliphatic carbocycles. The molecule has 1 aliphatic heterocycles. The van der Waals surface area contributed by atoms with Gasteiger partial charge in [0.05, 0.1) is 24.8 Å². The topological polar surface area (TPSA) is 119 Å². The first-order chi connectivity index (χ1) is 30.4. The summed E-state index contributed by atoms with van der Waals surface area (Å²) in [4.78, 5) is 21.3. The molecule has 3 aromatic carbocycles. The number of carbonyl (C=O) groups excluding carboxylic acids is 1. The normalized spacial score (nSPS) is 23.2. The summed E-state index contributed by atoms with van der Waals surface area (Å²) in [7, 11) is 3.33. The lowest BCUT2D eigenvalue weighted by molar-refractivity contribution is -0.253. The summed E-state index contributed by atoms with van der Waals surface area (Å²) in [5.74, 6) is 0.457. The number of nitrogens with zero attached hydrogens (tertiary/aromatic N) is 2. The molecule has 1 amide bonds. The molecule has 0 spiro atoms. The maximum absolute atomic E-state index is 14.1. The van der Waals surface area contributed by atoms with Crippen molar-refractivity contribution < 1.29 is 38.8 Å². The van der Waals surface area contributed by atoms with Crippen LogP contribution in [0.1, 0.15) is 128 Å². The lowest BCUT2D eigenvalue weighted by Gasteiger charge is -2.59. The van der Waals surface area contributed by atoms with Gasteiger partial charge in [-0.2, -0.15) is 0 Å². The van der Waals surface area contributed by atoms with Gasteiger partial charge in [0, 0.05) is 38.2 Å². The second kappa shape index (κ2) is 23.9. The van der Waals surface area contributed by atoms with E-state index in [2.05, 4.69) is 55.1 Å². The van der Waals surface area contributed by atoms with Crippen LogP contribution in [0.3, 0.4) is 0 Å². The number of fused-ring (bicyclic) bond motifs is 3. The van der Waals surface area contributed by atoms with Gasteiger partial charge in [-0.3, -0.25) is 0 Å². The Bertz CT molecular complexity index is 1950. The smallest absolute Gasteiger partial charge is 0.409 e. The molecule has 0 bridgehead atoms. The predicted molar refractivity (Wildman–Crippen MR) is 247 cm³/mol. The number of allylic oxidation sites excluding steroid dienone is 1. The highest BCUT2D eigenvalue weighted by atomic mass is 16.7. The summed E-state index contributed by atoms with van der Waals surface area (Å²) in [5, 5.41) is 26.7. The van der Waals surface area contributed by atoms with Crippen molar-refractivity contribution in [2.24, 2.45) is 22.9 Å². The molecule has 0 saturated heterocycles. The number of ether oxygens (including phenoxy) is 4. The maximum atomic E-state index is 14.1. The number of oxime groups is 1. The zero-order chi connectivity index (χ0) is 43.7. The average Bonchev–Trinajstić information content (AvgIpc) is 3.28. The molecule has 10 heteroatoms. The number of aliphatic hydroxyl groups excluding tert-OH is 2. The Labute approximate surface area is 370 Å². The Kier molecular flexibility index (Phi) is 18.2. The number of hydrogen-bond acceptors (Lipinski definition) is 9. The first kappa shape index (κ1) is 47.1. The van der Waals surface area contributed by atoms with Gasteiger partial charge in [0.25, 0.3) is 0 Å². The maximum Gasteiger partial charge on any atom is 0.409 e. The van der Waals surface area contributed by atoms with Crippen LogP contribution in [0.25, 0.3) is 10.8 Å². The van der Waals surface area contributed by atoms with Gasteiger partial charge in [-0.1, -0.05) is 125 Å². The highest BCUT2D eigenvalue weighted by Gasteiger charge is 2.65. The molecule has 0 aromatic heterocycles. The van der Waals surface area contributed by atoms with Crippen LogP contribution in [-0.4, -0.2) is 79.3 Å². The standard InChI is InChI=1S/C52H72N2O8/c1-5-7-8-9-10-11-12-13-14-21-33-59-51(57)54(3)48-37-46(53-58-4)44-35-40(24-17-19-30-55)43(25-18-20-31-56)49-45-36-42(61-41-27-26-38-22-15-16-23-39(38)34-41)28-29-47(45)62-52(48,50(44)49)60-32-6-2/h6,15-16,22-23,26-29,34-36,40,43,48-50,55-56H,2,5,7-14,17-21,24-25,30-33,37H2,1,3-4H3/t40-,43+,48-,49+,50+,52+/m0/s1. The van der Waals surface area contributed by atoms with E-state index in [0.29, 0.717) is 37.4 Å². The molecule has 1 fully saturated rings. The van der Waals surface area contributed by atoms with Crippen LogP contribution in [0.5, 0.6) is 17.2 Å². The van der Waals surface area contributed by atoms with Gasteiger partial charge in [0.2, 0.25) is 5.79 Å². The van der Waals surface area contributed by atoms with E-state index < -0.39 is 23.8 Å². The van der Waals surface area contributed by atoms with Crippen LogP contribution in [0, 0.1) is 17.8 Å². The predicted octanol–water partition coefficient (Wildman–Crippen LogP) is 11.9. The van der Waals surface area contributed by atoms with Crippen molar-refractivity contribution in [1.29, 1.82) is 0 Å². The molecule has 6 atom stereocenters. The molecule has 6 rings (SSSR count). The molecule has 0 radical (unpaired) electrons. The van der Waals surface area contributed by atoms with Gasteiger partial charge >= 0.3 is 6.09 Å². The van der Waals surface area contributed by atoms with Crippen LogP contribution >= 0.6 is 0 Å². The summed E-state index contributed by atoms with van der Waals surface area (Å²) >= 11 is 0. The number of likely N-dealkylation sites (N-methyl/N-ethyl adjacent to an activating group) is 1. The van der Waals surface area contributed by atoms with E-state index in [-0.39, 0.29) is 37.6 Å². The Morgan fingerprint density at radius 3 is 2.26 bits per heavy atom. The lowest BCUT2D eigenvalue weighted by Crippen LogP contribution is -2.69. The van der Waals surface area contributed by atoms with Gasteiger partial charge in [-0.05, 0) is 90.6 Å². The fraction of sp³-hybridized carbons (Fsp3) is 0.577. The number of unbranched alkanes of at least 4 members (excludes halogenated alkanes) is 11. The van der Waals surface area contributed by atoms with E-state index in [1.807, 2.05) is 30.3 Å². The van der Waals surface area contributed by atoms with E-state index in [4.69, 9.17) is 23.8 Å². The molecule has 3 aliphatic rings. The molecular formula is C52H72N2O8. The summed E-state index contributed by atoms with van der Waals surface area (Å²) in [6.45, 7) is 7.06. The van der Waals surface area contributed by atoms with Gasteiger partial charge in [-0.15, -0.1) is 6.58 Å². The zero-order valence-corrected chi connectivity index (χ0v) is 37.6. The highest BCUT2D eigenvalue weighted by molar-refractivity contribution is 6.03. The van der Waals surface area contributed by atoms with E-state index in [1.165, 1.54) is 44.9 Å². The minimum absolute atomic E-state index is 0.107. The molecule has 10 nitrogen and oxygen atoms in total. The first-order valence-corrected chi connectivity index (χ1v) is 23.6. The van der Waals surface area contributed by atoms with Gasteiger partial charge < -0.3 is 38.9 Å². The number of aliphatic hydroxyl groups is 2. The van der Waals surface area contributed by atoms with E-state index in [9.17, 15) is 15.0 Å². The Morgan fingerprint density at radius 1 is 0.871 bits per heavy atom. The summed E-state index contributed by atoms with van der Waals surface area (Å²) in [6, 6.07) is 19.7. The van der Waals surface area contributed by atoms with Gasteiger partial charge in [-0.25, -0.2) is 4.79 Å². The van der Waals surface area contributed by atoms with Crippen molar-refractivity contribution in [3.63, 3.8) is 0 Å². The largest absolute Gasteiger partial charge is 0.459 e. The van der Waals surface area contributed by atoms with Crippen LogP contribution in [0.2, 0.25) is 0 Å². The second-order valence-electron chi connectivity index (χ2n) is 17.5. The number of rotatable bonds is 26. The van der Waals surface area contributed by atoms with Crippen LogP contribution < -0.4 is 9.47 Å². The number of hydrogen-bond donors (Lipinski definition) is 2. The van der Waals surface area contributed by atoms with Crippen molar-refractivity contribution in [1.82, 2.24) is 4.90 Å². The van der Waals surface area contributed by atoms with Crippen molar-refractivity contribution in [2.75, 3.05) is 40.6 Å². The van der Waals surface area contributed by atoms with Crippen LogP contribution in [-0.2, 0) is 14.3 Å². The van der Waals surface area contributed by atoms with E-state index in [1.54, 1.807) is 25.1 Å². The lowest BCUT2D eigenvalue weighted by atomic mass is 9.55. The number of amides is 1. The van der Waals surface area contributed by atoms with E-state index in [0.717, 1.165) is 78.3 Å². The molecular weight excluding hydrogens is 781 g/mol. The fourth-order valence-electron chi connectivity index (χ4n) is 10.2. The minimum Gasteiger partial charge on any atom is -0.459 e. The van der Waals surface area contributed by atoms with Crippen molar-refractivity contribution in [2.45, 2.75) is 134 Å². The SMILES string of the molecule is C=CCO[C@@]12Oc3ccc(Oc4ccc5ccccc5c4)cc3[C@H]3[C@H](CCCCO)[C@@H](CCCCO)C=C(C(=NOC)C[C@@H]1N(C)C(=O)OCCCCCCCCCCCC)[C@H]32. The third-order valence-electron chi connectivity index (χ3n) is 13.3. The second-order valence-corrected chi connectivity index (χ2v) is 17.5. The number of carbonyl (C=O) groups is 1. The zero-order valence-electron chi connectivity index (χ0n) is 37.6. The molecule has 3 aromatic rings. The van der Waals surface area contributed by atoms with Crippen molar-refractivity contribution in [3.05, 3.63) is 90.5 Å². The van der Waals surface area contributed by atoms with E-state index >= 15 is 0 Å². The Morgan fingerprint density at radius 2 is 1.55 bits per heavy atom. The molecule has 1 saturated carbocycles. The van der Waals surface area contributed by atoms with Gasteiger partial charge in [0.1, 0.15) is 30.4 Å². The third kappa shape index (κ3) is 11.4. The molecule has 2 N–H and O–H groups in total. The van der Waals surface area contributed by atoms with Gasteiger partial charge in [0.15, 0.2) is 0 Å². The Balaban J connectivity index is 1.35. The summed E-state index contributed by atoms with van der Waals surface area (Å²) < 4.78 is 26.8. The quantitative estimate of drug-likeness (QED) is 0.0465. The minimum atomic E-state index is -1.33. The summed E-state index contributed by atoms with van der Waals surface area (Å²) in [5.41, 5.74) is 2.74. The summed E-state index contributed by atoms with van der Waals surface area (Å²) in [6.07, 6.45) is 20.8. The van der Waals surface area contributed by atoms with Crippen molar-refractivity contribution >= 4 is 22.6 Å². The van der Waals surface area contributed by atoms with Crippen molar-refractivity contribution in [3.8, 4) is 17.2 Å². The molecule has 1 heterocycles. The molecule has 338 valence electrons. The fourth-order valence-corrected chi connectivity index (χ4v) is 10.2. The highest BCUT2D eigenvalue weighted by Crippen LogP contribution is 2.62. The molecule has 0 unspecified atom stereocenters. The van der Waals surface area contributed by atoms with Crippen LogP contribution in [0.4, 0.5) is 4.79 Å². The average molecular weight is 853 g/mol.